The van der Waals surface area contributed by atoms with Gasteiger partial charge in [-0.05, 0) is 48.4 Å². The molecule has 3 N–H and O–H groups in total. The van der Waals surface area contributed by atoms with E-state index in [-0.39, 0.29) is 24.0 Å². The number of nitrogens with one attached hydrogen (secondary N) is 1. The number of rotatable bonds is 8. The van der Waals surface area contributed by atoms with E-state index in [0.717, 1.165) is 16.9 Å². The van der Waals surface area contributed by atoms with Crippen LogP contribution in [-0.4, -0.2) is 30.5 Å². The van der Waals surface area contributed by atoms with Crippen LogP contribution >= 0.6 is 11.3 Å². The van der Waals surface area contributed by atoms with Gasteiger partial charge < -0.3 is 15.8 Å². The van der Waals surface area contributed by atoms with Crippen LogP contribution in [0.1, 0.15) is 16.1 Å². The Morgan fingerprint density at radius 1 is 1.17 bits per heavy atom. The normalized spacial score (nSPS) is 11.7. The predicted octanol–water partition coefficient (Wildman–Crippen LogP) is 3.03. The molecule has 29 heavy (non-hydrogen) atoms. The summed E-state index contributed by atoms with van der Waals surface area (Å²) in [6.07, 6.45) is 0.310. The standard InChI is InChI=1S/C21H20FN3O3S/c1-28-17-8-4-14(5-9-17)21-25-18(12-29-21)20(27)24-11-15(19(23)26)10-13-2-6-16(22)7-3-13/h2-9,12,15H,10-11H2,1H3,(H2,23,26)(H,24,27). The average molecular weight is 413 g/mol. The van der Waals surface area contributed by atoms with Gasteiger partial charge in [-0.3, -0.25) is 9.59 Å². The van der Waals surface area contributed by atoms with Crippen LogP contribution in [0.4, 0.5) is 4.39 Å². The van der Waals surface area contributed by atoms with E-state index in [0.29, 0.717) is 11.4 Å². The number of aromatic nitrogens is 1. The van der Waals surface area contributed by atoms with Crippen molar-refractivity contribution < 1.29 is 18.7 Å². The molecule has 1 heterocycles. The Morgan fingerprint density at radius 3 is 2.48 bits per heavy atom. The van der Waals surface area contributed by atoms with E-state index in [4.69, 9.17) is 10.5 Å². The number of nitrogens with zero attached hydrogens (tertiary/aromatic N) is 1. The maximum atomic E-state index is 13.0. The summed E-state index contributed by atoms with van der Waals surface area (Å²) in [5, 5.41) is 5.07. The van der Waals surface area contributed by atoms with E-state index in [1.807, 2.05) is 24.3 Å². The molecule has 3 rings (SSSR count). The van der Waals surface area contributed by atoms with Gasteiger partial charge in [0, 0.05) is 17.5 Å². The second-order valence-corrected chi connectivity index (χ2v) is 7.26. The molecule has 0 spiro atoms. The van der Waals surface area contributed by atoms with Gasteiger partial charge in [0.15, 0.2) is 0 Å². The third kappa shape index (κ3) is 5.39. The van der Waals surface area contributed by atoms with Crippen molar-refractivity contribution in [2.75, 3.05) is 13.7 Å². The Balaban J connectivity index is 1.62. The lowest BCUT2D eigenvalue weighted by atomic mass is 9.98. The third-order valence-electron chi connectivity index (χ3n) is 4.38. The Labute approximate surface area is 171 Å². The highest BCUT2D eigenvalue weighted by Crippen LogP contribution is 2.25. The number of hydrogen-bond acceptors (Lipinski definition) is 5. The number of methoxy groups -OCH3 is 1. The van der Waals surface area contributed by atoms with Gasteiger partial charge >= 0.3 is 0 Å². The molecule has 2 aromatic carbocycles. The van der Waals surface area contributed by atoms with Crippen molar-refractivity contribution in [3.8, 4) is 16.3 Å². The van der Waals surface area contributed by atoms with E-state index in [2.05, 4.69) is 10.3 Å². The molecule has 1 aromatic heterocycles. The molecule has 0 aliphatic rings. The second-order valence-electron chi connectivity index (χ2n) is 6.41. The zero-order chi connectivity index (χ0) is 20.8. The van der Waals surface area contributed by atoms with Crippen LogP contribution in [0.5, 0.6) is 5.75 Å². The molecule has 0 aliphatic carbocycles. The fourth-order valence-corrected chi connectivity index (χ4v) is 3.54. The lowest BCUT2D eigenvalue weighted by Crippen LogP contribution is -2.37. The van der Waals surface area contributed by atoms with Crippen LogP contribution < -0.4 is 15.8 Å². The summed E-state index contributed by atoms with van der Waals surface area (Å²) in [6.45, 7) is 0.0704. The fourth-order valence-electron chi connectivity index (χ4n) is 2.73. The van der Waals surface area contributed by atoms with Gasteiger partial charge in [0.05, 0.1) is 13.0 Å². The van der Waals surface area contributed by atoms with E-state index in [1.54, 1.807) is 24.6 Å². The van der Waals surface area contributed by atoms with Crippen molar-refractivity contribution >= 4 is 23.2 Å². The molecular weight excluding hydrogens is 393 g/mol. The number of halogens is 1. The van der Waals surface area contributed by atoms with Crippen molar-refractivity contribution in [3.05, 3.63) is 71.0 Å². The first kappa shape index (κ1) is 20.5. The van der Waals surface area contributed by atoms with Crippen LogP contribution in [-0.2, 0) is 11.2 Å². The van der Waals surface area contributed by atoms with Gasteiger partial charge in [-0.2, -0.15) is 0 Å². The zero-order valence-electron chi connectivity index (χ0n) is 15.7. The summed E-state index contributed by atoms with van der Waals surface area (Å²) in [4.78, 5) is 28.5. The summed E-state index contributed by atoms with van der Waals surface area (Å²) >= 11 is 1.35. The van der Waals surface area contributed by atoms with Gasteiger partial charge in [0.25, 0.3) is 5.91 Å². The molecule has 0 aliphatic heterocycles. The second kappa shape index (κ2) is 9.29. The van der Waals surface area contributed by atoms with Crippen molar-refractivity contribution in [1.82, 2.24) is 10.3 Å². The van der Waals surface area contributed by atoms with E-state index < -0.39 is 11.8 Å². The SMILES string of the molecule is COc1ccc(-c2nc(C(=O)NCC(Cc3ccc(F)cc3)C(N)=O)cs2)cc1. The summed E-state index contributed by atoms with van der Waals surface area (Å²) in [5.74, 6) is -1.14. The zero-order valence-corrected chi connectivity index (χ0v) is 16.5. The number of carbonyl (C=O) groups is 2. The molecule has 0 bridgehead atoms. The Bertz CT molecular complexity index is 987. The molecule has 0 fully saturated rings. The number of thiazole rings is 1. The molecule has 8 heteroatoms. The summed E-state index contributed by atoms with van der Waals surface area (Å²) in [7, 11) is 1.59. The van der Waals surface area contributed by atoms with Crippen molar-refractivity contribution in [2.24, 2.45) is 11.7 Å². The van der Waals surface area contributed by atoms with Gasteiger partial charge in [-0.25, -0.2) is 9.37 Å². The Hall–Kier alpha value is -3.26. The Morgan fingerprint density at radius 2 is 1.86 bits per heavy atom. The van der Waals surface area contributed by atoms with Crippen LogP contribution in [0.2, 0.25) is 0 Å². The van der Waals surface area contributed by atoms with Gasteiger partial charge in [-0.1, -0.05) is 12.1 Å². The van der Waals surface area contributed by atoms with Crippen LogP contribution in [0.3, 0.4) is 0 Å². The van der Waals surface area contributed by atoms with Gasteiger partial charge in [0.1, 0.15) is 22.3 Å². The molecule has 1 atom stereocenters. The van der Waals surface area contributed by atoms with E-state index in [1.165, 1.54) is 23.5 Å². The minimum absolute atomic E-state index is 0.0704. The number of ether oxygens (including phenoxy) is 1. The first-order chi connectivity index (χ1) is 14.0. The molecule has 6 nitrogen and oxygen atoms in total. The van der Waals surface area contributed by atoms with Crippen molar-refractivity contribution in [3.63, 3.8) is 0 Å². The lowest BCUT2D eigenvalue weighted by molar-refractivity contribution is -0.121. The summed E-state index contributed by atoms with van der Waals surface area (Å²) in [5.41, 5.74) is 7.36. The van der Waals surface area contributed by atoms with E-state index >= 15 is 0 Å². The quantitative estimate of drug-likeness (QED) is 0.594. The minimum atomic E-state index is -0.607. The minimum Gasteiger partial charge on any atom is -0.497 e. The van der Waals surface area contributed by atoms with Crippen molar-refractivity contribution in [1.29, 1.82) is 0 Å². The number of nitrogens with two attached hydrogens (primary N) is 1. The van der Waals surface area contributed by atoms with Crippen LogP contribution in [0.15, 0.2) is 53.9 Å². The molecule has 150 valence electrons. The average Bonchev–Trinajstić information content (AvgIpc) is 3.22. The largest absolute Gasteiger partial charge is 0.497 e. The van der Waals surface area contributed by atoms with Gasteiger partial charge in [-0.15, -0.1) is 11.3 Å². The smallest absolute Gasteiger partial charge is 0.270 e. The molecule has 0 radical (unpaired) electrons. The molecule has 0 saturated carbocycles. The summed E-state index contributed by atoms with van der Waals surface area (Å²) < 4.78 is 18.2. The molecular formula is C21H20FN3O3S. The highest BCUT2D eigenvalue weighted by Gasteiger charge is 2.19. The number of primary amides is 1. The predicted molar refractivity (Wildman–Crippen MR) is 109 cm³/mol. The first-order valence-corrected chi connectivity index (χ1v) is 9.76. The maximum absolute atomic E-state index is 13.0. The monoisotopic (exact) mass is 413 g/mol. The van der Waals surface area contributed by atoms with E-state index in [9.17, 15) is 14.0 Å². The maximum Gasteiger partial charge on any atom is 0.270 e. The number of hydrogen-bond donors (Lipinski definition) is 2. The molecule has 3 aromatic rings. The molecule has 2 amide bonds. The molecule has 1 unspecified atom stereocenters. The Kier molecular flexibility index (Phi) is 6.56. The highest BCUT2D eigenvalue weighted by molar-refractivity contribution is 7.13. The molecule has 0 saturated heterocycles. The fraction of sp³-hybridized carbons (Fsp3) is 0.190. The number of carbonyl (C=O) groups excluding carboxylic acids is 2. The number of benzene rings is 2. The van der Waals surface area contributed by atoms with Crippen molar-refractivity contribution in [2.45, 2.75) is 6.42 Å². The lowest BCUT2D eigenvalue weighted by Gasteiger charge is -2.14. The number of amides is 2. The third-order valence-corrected chi connectivity index (χ3v) is 5.27. The topological polar surface area (TPSA) is 94.3 Å². The first-order valence-electron chi connectivity index (χ1n) is 8.88. The van der Waals surface area contributed by atoms with Gasteiger partial charge in [0.2, 0.25) is 5.91 Å². The summed E-state index contributed by atoms with van der Waals surface area (Å²) in [6, 6.07) is 13.2. The van der Waals surface area contributed by atoms with Crippen LogP contribution in [0, 0.1) is 11.7 Å². The highest BCUT2D eigenvalue weighted by atomic mass is 32.1. The van der Waals surface area contributed by atoms with Crippen LogP contribution in [0.25, 0.3) is 10.6 Å².